The van der Waals surface area contributed by atoms with Crippen LogP contribution < -0.4 is 10.2 Å². The Balaban J connectivity index is 1.45. The van der Waals surface area contributed by atoms with Crippen LogP contribution >= 0.6 is 0 Å². The predicted octanol–water partition coefficient (Wildman–Crippen LogP) is 6.02. The van der Waals surface area contributed by atoms with E-state index in [1.807, 2.05) is 31.2 Å². The first-order chi connectivity index (χ1) is 20.2. The van der Waals surface area contributed by atoms with Gasteiger partial charge in [-0.25, -0.2) is 9.80 Å². The van der Waals surface area contributed by atoms with E-state index in [-0.39, 0.29) is 31.2 Å². The smallest absolute Gasteiger partial charge is 0.345 e. The van der Waals surface area contributed by atoms with E-state index < -0.39 is 23.3 Å². The first kappa shape index (κ1) is 29.5. The van der Waals surface area contributed by atoms with E-state index in [1.54, 1.807) is 24.3 Å². The maximum Gasteiger partial charge on any atom is 0.345 e. The molecular formula is C33H40N4O5. The normalized spacial score (nSPS) is 19.0. The fourth-order valence-electron chi connectivity index (χ4n) is 6.54. The molecule has 9 nitrogen and oxygen atoms in total. The summed E-state index contributed by atoms with van der Waals surface area (Å²) >= 11 is 0. The zero-order valence-electron chi connectivity index (χ0n) is 24.3. The van der Waals surface area contributed by atoms with Crippen molar-refractivity contribution in [3.63, 3.8) is 0 Å². The Morgan fingerprint density at radius 2 is 1.67 bits per heavy atom. The highest BCUT2D eigenvalue weighted by atomic mass is 16.4. The quantitative estimate of drug-likeness (QED) is 0.381. The summed E-state index contributed by atoms with van der Waals surface area (Å²) in [7, 11) is 0. The second-order valence-electron chi connectivity index (χ2n) is 12.1. The van der Waals surface area contributed by atoms with E-state index in [1.165, 1.54) is 9.91 Å². The number of benzene rings is 2. The van der Waals surface area contributed by atoms with Crippen molar-refractivity contribution in [1.29, 1.82) is 0 Å². The lowest BCUT2D eigenvalue weighted by atomic mass is 9.72. The average molecular weight is 573 g/mol. The molecule has 0 atom stereocenters. The van der Waals surface area contributed by atoms with Gasteiger partial charge >= 0.3 is 12.0 Å². The van der Waals surface area contributed by atoms with E-state index >= 15 is 0 Å². The SMILES string of the molecule is CC1(C(=O)CN2C(=O)N(CC(=O)Nc3cccc(CC(=O)O)c3)N=C(C3CCCCC3)c3ccccc32)CCCCC1. The largest absolute Gasteiger partial charge is 0.481 e. The van der Waals surface area contributed by atoms with Gasteiger partial charge in [-0.05, 0) is 49.4 Å². The Kier molecular flexibility index (Phi) is 9.04. The number of aliphatic carboxylic acids is 1. The number of carbonyl (C=O) groups excluding carboxylic acids is 3. The molecule has 1 heterocycles. The average Bonchev–Trinajstić information content (AvgIpc) is 3.08. The Labute approximate surface area is 247 Å². The van der Waals surface area contributed by atoms with Gasteiger partial charge in [0, 0.05) is 22.6 Å². The van der Waals surface area contributed by atoms with Gasteiger partial charge in [0.15, 0.2) is 5.78 Å². The lowest BCUT2D eigenvalue weighted by Crippen LogP contribution is -2.48. The summed E-state index contributed by atoms with van der Waals surface area (Å²) in [6, 6.07) is 13.8. The molecule has 0 radical (unpaired) electrons. The zero-order valence-corrected chi connectivity index (χ0v) is 24.3. The monoisotopic (exact) mass is 572 g/mol. The van der Waals surface area contributed by atoms with Gasteiger partial charge in [-0.15, -0.1) is 0 Å². The lowest BCUT2D eigenvalue weighted by molar-refractivity contribution is -0.136. The third-order valence-electron chi connectivity index (χ3n) is 8.93. The number of fused-ring (bicyclic) bond motifs is 1. The molecule has 3 amide bonds. The molecular weight excluding hydrogens is 532 g/mol. The number of para-hydroxylation sites is 1. The molecule has 1 aliphatic heterocycles. The van der Waals surface area contributed by atoms with Gasteiger partial charge in [-0.1, -0.05) is 75.8 Å². The van der Waals surface area contributed by atoms with Gasteiger partial charge in [0.25, 0.3) is 0 Å². The van der Waals surface area contributed by atoms with Crippen molar-refractivity contribution in [3.8, 4) is 0 Å². The Morgan fingerprint density at radius 1 is 0.952 bits per heavy atom. The number of nitrogens with zero attached hydrogens (tertiary/aromatic N) is 3. The number of urea groups is 1. The van der Waals surface area contributed by atoms with Crippen molar-refractivity contribution in [2.45, 2.75) is 77.6 Å². The van der Waals surface area contributed by atoms with Crippen molar-refractivity contribution in [3.05, 3.63) is 59.7 Å². The van der Waals surface area contributed by atoms with Crippen LogP contribution in [-0.2, 0) is 20.8 Å². The molecule has 2 aromatic carbocycles. The van der Waals surface area contributed by atoms with Crippen molar-refractivity contribution in [2.24, 2.45) is 16.4 Å². The standard InChI is InChI=1S/C33H40N4O5/c1-33(17-8-3-9-18-33)28(38)21-36-27-16-7-6-15-26(27)31(24-12-4-2-5-13-24)35-37(32(36)42)22-29(39)34-25-14-10-11-23(19-25)20-30(40)41/h6-7,10-11,14-16,19,24H,2-5,8-9,12-13,17-18,20-22H2,1H3,(H,34,39)(H,40,41). The number of carboxylic acids is 1. The molecule has 222 valence electrons. The molecule has 2 N–H and O–H groups in total. The molecule has 42 heavy (non-hydrogen) atoms. The molecule has 0 bridgehead atoms. The van der Waals surface area contributed by atoms with E-state index in [2.05, 4.69) is 5.32 Å². The maximum absolute atomic E-state index is 14.2. The number of carboxylic acid groups (broad SMARTS) is 1. The second-order valence-corrected chi connectivity index (χ2v) is 12.1. The third kappa shape index (κ3) is 6.72. The fraction of sp³-hybridized carbons (Fsp3) is 0.485. The number of rotatable bonds is 9. The van der Waals surface area contributed by atoms with Crippen molar-refractivity contribution in [2.75, 3.05) is 23.3 Å². The Hall–Kier alpha value is -4.01. The van der Waals surface area contributed by atoms with Crippen molar-refractivity contribution in [1.82, 2.24) is 5.01 Å². The first-order valence-electron chi connectivity index (χ1n) is 15.1. The van der Waals surface area contributed by atoms with Gasteiger partial charge in [0.05, 0.1) is 24.4 Å². The highest BCUT2D eigenvalue weighted by Crippen LogP contribution is 2.39. The van der Waals surface area contributed by atoms with Crippen LogP contribution in [0.4, 0.5) is 16.2 Å². The van der Waals surface area contributed by atoms with Gasteiger partial charge in [0.1, 0.15) is 6.54 Å². The molecule has 2 fully saturated rings. The van der Waals surface area contributed by atoms with Gasteiger partial charge < -0.3 is 10.4 Å². The number of Topliss-reactive ketones (excluding diaryl/α,β-unsaturated/α-hetero) is 1. The van der Waals surface area contributed by atoms with Crippen LogP contribution in [0.1, 0.15) is 82.3 Å². The summed E-state index contributed by atoms with van der Waals surface area (Å²) in [4.78, 5) is 53.8. The molecule has 0 spiro atoms. The molecule has 2 aromatic rings. The van der Waals surface area contributed by atoms with E-state index in [0.717, 1.165) is 75.5 Å². The predicted molar refractivity (Wildman–Crippen MR) is 162 cm³/mol. The molecule has 0 aromatic heterocycles. The van der Waals surface area contributed by atoms with Gasteiger partial charge in [0.2, 0.25) is 5.91 Å². The fourth-order valence-corrected chi connectivity index (χ4v) is 6.54. The van der Waals surface area contributed by atoms with Gasteiger partial charge in [-0.2, -0.15) is 5.10 Å². The van der Waals surface area contributed by atoms with Crippen LogP contribution in [0.3, 0.4) is 0 Å². The van der Waals surface area contributed by atoms with Crippen LogP contribution in [0.15, 0.2) is 53.6 Å². The van der Waals surface area contributed by atoms with E-state index in [0.29, 0.717) is 16.9 Å². The van der Waals surface area contributed by atoms with Crippen molar-refractivity contribution >= 4 is 40.8 Å². The molecule has 5 rings (SSSR count). The minimum atomic E-state index is -0.963. The summed E-state index contributed by atoms with van der Waals surface area (Å²) in [5.41, 5.74) is 2.80. The van der Waals surface area contributed by atoms with Gasteiger partial charge in [-0.3, -0.25) is 19.3 Å². The first-order valence-corrected chi connectivity index (χ1v) is 15.1. The van der Waals surface area contributed by atoms with Crippen LogP contribution in [-0.4, -0.2) is 52.6 Å². The number of hydrogen-bond acceptors (Lipinski definition) is 5. The summed E-state index contributed by atoms with van der Waals surface area (Å²) in [5.74, 6) is -1.24. The topological polar surface area (TPSA) is 119 Å². The number of carbonyl (C=O) groups is 4. The summed E-state index contributed by atoms with van der Waals surface area (Å²) < 4.78 is 0. The van der Waals surface area contributed by atoms with Crippen LogP contribution in [0.2, 0.25) is 0 Å². The van der Waals surface area contributed by atoms with Crippen LogP contribution in [0.25, 0.3) is 0 Å². The second kappa shape index (κ2) is 12.9. The molecule has 0 unspecified atom stereocenters. The number of anilines is 2. The molecule has 2 saturated carbocycles. The van der Waals surface area contributed by atoms with Crippen LogP contribution in [0, 0.1) is 11.3 Å². The molecule has 3 aliphatic rings. The maximum atomic E-state index is 14.2. The number of amides is 3. The lowest BCUT2D eigenvalue weighted by Gasteiger charge is -2.34. The summed E-state index contributed by atoms with van der Waals surface area (Å²) in [6.45, 7) is 1.60. The summed E-state index contributed by atoms with van der Waals surface area (Å²) in [5, 5.41) is 18.0. The molecule has 9 heteroatoms. The number of ketones is 1. The highest BCUT2D eigenvalue weighted by molar-refractivity contribution is 6.13. The zero-order chi connectivity index (χ0) is 29.7. The number of nitrogens with one attached hydrogen (secondary N) is 1. The summed E-state index contributed by atoms with van der Waals surface area (Å²) in [6.07, 6.45) is 9.81. The van der Waals surface area contributed by atoms with E-state index in [9.17, 15) is 19.2 Å². The van der Waals surface area contributed by atoms with E-state index in [4.69, 9.17) is 10.2 Å². The Morgan fingerprint density at radius 3 is 2.40 bits per heavy atom. The third-order valence-corrected chi connectivity index (χ3v) is 8.93. The minimum absolute atomic E-state index is 0.0334. The molecule has 2 aliphatic carbocycles. The molecule has 0 saturated heterocycles. The number of hydrazone groups is 1. The Bertz CT molecular complexity index is 1370. The van der Waals surface area contributed by atoms with Crippen molar-refractivity contribution < 1.29 is 24.3 Å². The minimum Gasteiger partial charge on any atom is -0.481 e. The number of hydrogen-bond donors (Lipinski definition) is 2. The highest BCUT2D eigenvalue weighted by Gasteiger charge is 2.39. The van der Waals surface area contributed by atoms with Crippen LogP contribution in [0.5, 0.6) is 0 Å².